The molecule has 1 aromatic rings. The quantitative estimate of drug-likeness (QED) is 0.605. The summed E-state index contributed by atoms with van der Waals surface area (Å²) in [6.45, 7) is 0.846. The third-order valence-corrected chi connectivity index (χ3v) is 2.18. The van der Waals surface area contributed by atoms with Crippen LogP contribution in [0.25, 0.3) is 0 Å². The van der Waals surface area contributed by atoms with Crippen molar-refractivity contribution in [3.8, 4) is 0 Å². The minimum absolute atomic E-state index is 0.0935. The lowest BCUT2D eigenvalue weighted by atomic mass is 10.2. The number of alkyl halides is 3. The summed E-state index contributed by atoms with van der Waals surface area (Å²) in [4.78, 5) is 0. The smallest absolute Gasteiger partial charge is 0.389 e. The van der Waals surface area contributed by atoms with Crippen LogP contribution < -0.4 is 11.1 Å². The molecule has 0 aliphatic rings. The van der Waals surface area contributed by atoms with Crippen LogP contribution in [0.4, 0.5) is 18.9 Å². The highest BCUT2D eigenvalue weighted by molar-refractivity contribution is 5.46. The summed E-state index contributed by atoms with van der Waals surface area (Å²) in [6, 6.07) is 7.30. The van der Waals surface area contributed by atoms with Gasteiger partial charge >= 0.3 is 6.18 Å². The van der Waals surface area contributed by atoms with Gasteiger partial charge in [0.2, 0.25) is 0 Å². The minimum atomic E-state index is -4.06. The fraction of sp³-hybridized carbons (Fsp3) is 0.455. The number of nitrogens with one attached hydrogen (secondary N) is 1. The molecule has 90 valence electrons. The third-order valence-electron chi connectivity index (χ3n) is 2.18. The standard InChI is InChI=1S/C11H15F3N2/c12-11(13,14)6-3-7-16-8-9-4-1-2-5-10(9)15/h1-2,4-5,16H,3,6-8,15H2. The van der Waals surface area contributed by atoms with E-state index in [4.69, 9.17) is 5.73 Å². The maximum absolute atomic E-state index is 11.8. The van der Waals surface area contributed by atoms with Gasteiger partial charge in [0.15, 0.2) is 0 Å². The van der Waals surface area contributed by atoms with Crippen LogP contribution in [-0.4, -0.2) is 12.7 Å². The van der Waals surface area contributed by atoms with Gasteiger partial charge in [0, 0.05) is 18.7 Å². The molecule has 1 aromatic carbocycles. The second kappa shape index (κ2) is 5.75. The number of nitrogens with two attached hydrogens (primary N) is 1. The number of nitrogen functional groups attached to an aromatic ring is 1. The van der Waals surface area contributed by atoms with E-state index in [9.17, 15) is 13.2 Å². The Labute approximate surface area is 92.6 Å². The van der Waals surface area contributed by atoms with Crippen molar-refractivity contribution in [3.05, 3.63) is 29.8 Å². The molecule has 0 atom stereocenters. The van der Waals surface area contributed by atoms with E-state index in [1.807, 2.05) is 18.2 Å². The molecule has 0 fully saturated rings. The lowest BCUT2D eigenvalue weighted by Crippen LogP contribution is -2.18. The summed E-state index contributed by atoms with van der Waals surface area (Å²) >= 11 is 0. The number of anilines is 1. The molecule has 0 bridgehead atoms. The minimum Gasteiger partial charge on any atom is -0.398 e. The van der Waals surface area contributed by atoms with Crippen molar-refractivity contribution < 1.29 is 13.2 Å². The van der Waals surface area contributed by atoms with Gasteiger partial charge in [0.05, 0.1) is 0 Å². The second-order valence-corrected chi connectivity index (χ2v) is 3.59. The maximum atomic E-state index is 11.8. The van der Waals surface area contributed by atoms with Crippen LogP contribution in [0, 0.1) is 0 Å². The van der Waals surface area contributed by atoms with Crippen molar-refractivity contribution in [1.82, 2.24) is 5.32 Å². The highest BCUT2D eigenvalue weighted by atomic mass is 19.4. The topological polar surface area (TPSA) is 38.0 Å². The summed E-state index contributed by atoms with van der Waals surface area (Å²) in [6.07, 6.45) is -4.71. The summed E-state index contributed by atoms with van der Waals surface area (Å²) < 4.78 is 35.5. The molecule has 0 unspecified atom stereocenters. The number of benzene rings is 1. The molecular weight excluding hydrogens is 217 g/mol. The maximum Gasteiger partial charge on any atom is 0.389 e. The summed E-state index contributed by atoms with van der Waals surface area (Å²) in [5.41, 5.74) is 7.25. The first-order chi connectivity index (χ1) is 7.49. The van der Waals surface area contributed by atoms with Crippen LogP contribution in [0.3, 0.4) is 0 Å². The largest absolute Gasteiger partial charge is 0.398 e. The number of hydrogen-bond donors (Lipinski definition) is 2. The van der Waals surface area contributed by atoms with E-state index in [0.717, 1.165) is 5.56 Å². The highest BCUT2D eigenvalue weighted by Gasteiger charge is 2.25. The van der Waals surface area contributed by atoms with Gasteiger partial charge < -0.3 is 11.1 Å². The zero-order valence-corrected chi connectivity index (χ0v) is 8.85. The Bertz CT molecular complexity index is 323. The molecule has 0 radical (unpaired) electrons. The molecule has 0 aromatic heterocycles. The molecule has 0 aliphatic carbocycles. The zero-order valence-electron chi connectivity index (χ0n) is 8.85. The molecule has 0 saturated heterocycles. The predicted molar refractivity (Wildman–Crippen MR) is 57.9 cm³/mol. The summed E-state index contributed by atoms with van der Waals surface area (Å²) in [5, 5.41) is 2.94. The molecule has 1 rings (SSSR count). The monoisotopic (exact) mass is 232 g/mol. The van der Waals surface area contributed by atoms with Crippen molar-refractivity contribution >= 4 is 5.69 Å². The molecule has 0 aliphatic heterocycles. The SMILES string of the molecule is Nc1ccccc1CNCCCC(F)(F)F. The fourth-order valence-electron chi connectivity index (χ4n) is 1.33. The Hall–Kier alpha value is -1.23. The molecule has 0 heterocycles. The summed E-state index contributed by atoms with van der Waals surface area (Å²) in [5.74, 6) is 0. The Morgan fingerprint density at radius 1 is 1.19 bits per heavy atom. The Morgan fingerprint density at radius 3 is 2.50 bits per heavy atom. The van der Waals surface area contributed by atoms with Crippen molar-refractivity contribution in [2.24, 2.45) is 0 Å². The molecule has 0 spiro atoms. The zero-order chi connectivity index (χ0) is 12.0. The second-order valence-electron chi connectivity index (χ2n) is 3.59. The van der Waals surface area contributed by atoms with E-state index in [0.29, 0.717) is 18.8 Å². The van der Waals surface area contributed by atoms with E-state index in [2.05, 4.69) is 5.32 Å². The van der Waals surface area contributed by atoms with Crippen LogP contribution in [-0.2, 0) is 6.54 Å². The summed E-state index contributed by atoms with van der Waals surface area (Å²) in [7, 11) is 0. The highest BCUT2D eigenvalue weighted by Crippen LogP contribution is 2.20. The lowest BCUT2D eigenvalue weighted by Gasteiger charge is -2.08. The van der Waals surface area contributed by atoms with E-state index < -0.39 is 12.6 Å². The van der Waals surface area contributed by atoms with Crippen LogP contribution >= 0.6 is 0 Å². The first kappa shape index (κ1) is 12.8. The molecule has 3 N–H and O–H groups in total. The normalized spacial score (nSPS) is 11.7. The van der Waals surface area contributed by atoms with Gasteiger partial charge in [-0.1, -0.05) is 18.2 Å². The molecule has 5 heteroatoms. The van der Waals surface area contributed by atoms with E-state index in [-0.39, 0.29) is 6.42 Å². The van der Waals surface area contributed by atoms with Crippen LogP contribution in [0.15, 0.2) is 24.3 Å². The first-order valence-corrected chi connectivity index (χ1v) is 5.10. The van der Waals surface area contributed by atoms with Gasteiger partial charge in [-0.15, -0.1) is 0 Å². The van der Waals surface area contributed by atoms with Crippen molar-refractivity contribution in [3.63, 3.8) is 0 Å². The first-order valence-electron chi connectivity index (χ1n) is 5.10. The van der Waals surface area contributed by atoms with Gasteiger partial charge in [-0.25, -0.2) is 0 Å². The Balaban J connectivity index is 2.19. The van der Waals surface area contributed by atoms with Gasteiger partial charge in [0.25, 0.3) is 0 Å². The fourth-order valence-corrected chi connectivity index (χ4v) is 1.33. The van der Waals surface area contributed by atoms with Crippen molar-refractivity contribution in [2.45, 2.75) is 25.6 Å². The molecule has 16 heavy (non-hydrogen) atoms. The number of para-hydroxylation sites is 1. The van der Waals surface area contributed by atoms with Crippen LogP contribution in [0.2, 0.25) is 0 Å². The molecular formula is C11H15F3N2. The van der Waals surface area contributed by atoms with E-state index in [1.54, 1.807) is 6.07 Å². The molecule has 0 saturated carbocycles. The predicted octanol–water partition coefficient (Wildman–Crippen LogP) is 2.70. The number of halogens is 3. The van der Waals surface area contributed by atoms with Gasteiger partial charge in [-0.2, -0.15) is 13.2 Å². The molecule has 0 amide bonds. The van der Waals surface area contributed by atoms with Crippen LogP contribution in [0.5, 0.6) is 0 Å². The van der Waals surface area contributed by atoms with Gasteiger partial charge in [0.1, 0.15) is 0 Å². The number of hydrogen-bond acceptors (Lipinski definition) is 2. The van der Waals surface area contributed by atoms with Gasteiger partial charge in [-0.3, -0.25) is 0 Å². The van der Waals surface area contributed by atoms with E-state index >= 15 is 0 Å². The van der Waals surface area contributed by atoms with Gasteiger partial charge in [-0.05, 0) is 24.6 Å². The van der Waals surface area contributed by atoms with Crippen molar-refractivity contribution in [2.75, 3.05) is 12.3 Å². The Kier molecular flexibility index (Phi) is 4.61. The lowest BCUT2D eigenvalue weighted by molar-refractivity contribution is -0.135. The molecule has 2 nitrogen and oxygen atoms in total. The van der Waals surface area contributed by atoms with Crippen molar-refractivity contribution in [1.29, 1.82) is 0 Å². The average Bonchev–Trinajstić information content (AvgIpc) is 2.18. The third kappa shape index (κ3) is 5.02. The Morgan fingerprint density at radius 2 is 1.88 bits per heavy atom. The number of rotatable bonds is 5. The average molecular weight is 232 g/mol. The van der Waals surface area contributed by atoms with E-state index in [1.165, 1.54) is 0 Å². The van der Waals surface area contributed by atoms with Crippen LogP contribution in [0.1, 0.15) is 18.4 Å².